The number of hydrogen-bond donors (Lipinski definition) is 2. The van der Waals surface area contributed by atoms with E-state index in [2.05, 4.69) is 19.6 Å². The van der Waals surface area contributed by atoms with Crippen LogP contribution in [0.2, 0.25) is 11.3 Å². The number of ether oxygens (including phenoxy) is 1. The summed E-state index contributed by atoms with van der Waals surface area (Å²) in [6.45, 7) is 6.72. The zero-order valence-corrected chi connectivity index (χ0v) is 19.2. The standard InChI is InChI=1S/C26H30BClO4/c1-3-7-20(16-21-11-12-22(29)17-25(21)28)10-13-26-24(14-15-27(30)32-26)19(2)18-31-23-8-5-4-6-9-23/h4-6,8-9,11-12,14,16-17,26,29-30H,2-3,7,10,13,15,18H2,1H3/b20-16+. The van der Waals surface area contributed by atoms with E-state index in [0.29, 0.717) is 17.9 Å². The van der Waals surface area contributed by atoms with Gasteiger partial charge in [0.15, 0.2) is 0 Å². The molecule has 0 aliphatic carbocycles. The number of halogens is 1. The van der Waals surface area contributed by atoms with Gasteiger partial charge in [-0.25, -0.2) is 0 Å². The van der Waals surface area contributed by atoms with Crippen LogP contribution in [0.5, 0.6) is 11.5 Å². The third-order valence-electron chi connectivity index (χ3n) is 5.41. The molecule has 1 atom stereocenters. The topological polar surface area (TPSA) is 58.9 Å². The molecule has 1 aliphatic heterocycles. The molecule has 0 saturated carbocycles. The summed E-state index contributed by atoms with van der Waals surface area (Å²) in [5, 5.41) is 20.2. The molecule has 0 bridgehead atoms. The predicted molar refractivity (Wildman–Crippen MR) is 132 cm³/mol. The van der Waals surface area contributed by atoms with Crippen molar-refractivity contribution in [2.24, 2.45) is 0 Å². The minimum atomic E-state index is -0.809. The monoisotopic (exact) mass is 452 g/mol. The molecule has 4 nitrogen and oxygen atoms in total. The number of aromatic hydroxyl groups is 1. The average molecular weight is 453 g/mol. The molecule has 168 valence electrons. The van der Waals surface area contributed by atoms with Gasteiger partial charge in [-0.05, 0) is 66.3 Å². The van der Waals surface area contributed by atoms with Crippen molar-refractivity contribution in [3.63, 3.8) is 0 Å². The number of phenols is 1. The fraction of sp³-hybridized carbons (Fsp3) is 0.308. The maximum Gasteiger partial charge on any atom is 0.458 e. The third kappa shape index (κ3) is 7.02. The van der Waals surface area contributed by atoms with Gasteiger partial charge in [0.2, 0.25) is 0 Å². The molecule has 1 unspecified atom stereocenters. The highest BCUT2D eigenvalue weighted by molar-refractivity contribution is 6.43. The van der Waals surface area contributed by atoms with Crippen LogP contribution in [0.4, 0.5) is 0 Å². The molecule has 0 radical (unpaired) electrons. The first-order chi connectivity index (χ1) is 15.5. The van der Waals surface area contributed by atoms with Gasteiger partial charge in [-0.2, -0.15) is 0 Å². The van der Waals surface area contributed by atoms with Crippen LogP contribution in [0.15, 0.2) is 77.9 Å². The first-order valence-corrected chi connectivity index (χ1v) is 11.4. The summed E-state index contributed by atoms with van der Waals surface area (Å²) in [7, 11) is -0.809. The van der Waals surface area contributed by atoms with E-state index in [1.54, 1.807) is 12.1 Å². The van der Waals surface area contributed by atoms with Crippen molar-refractivity contribution >= 4 is 24.8 Å². The second-order valence-corrected chi connectivity index (χ2v) is 8.38. The molecule has 32 heavy (non-hydrogen) atoms. The Bertz CT molecular complexity index is 971. The predicted octanol–water partition coefficient (Wildman–Crippen LogP) is 6.45. The number of hydrogen-bond acceptors (Lipinski definition) is 4. The Balaban J connectivity index is 1.68. The van der Waals surface area contributed by atoms with E-state index in [4.69, 9.17) is 21.0 Å². The van der Waals surface area contributed by atoms with Crippen LogP contribution in [0.3, 0.4) is 0 Å². The van der Waals surface area contributed by atoms with E-state index in [9.17, 15) is 10.1 Å². The summed E-state index contributed by atoms with van der Waals surface area (Å²) in [6, 6.07) is 14.7. The smallest absolute Gasteiger partial charge is 0.458 e. The molecule has 0 amide bonds. The van der Waals surface area contributed by atoms with Crippen LogP contribution >= 0.6 is 11.6 Å². The van der Waals surface area contributed by atoms with Gasteiger partial charge in [-0.15, -0.1) is 0 Å². The molecular weight excluding hydrogens is 423 g/mol. The second kappa shape index (κ2) is 12.0. The van der Waals surface area contributed by atoms with Crippen molar-refractivity contribution in [2.75, 3.05) is 6.61 Å². The maximum absolute atomic E-state index is 10.1. The van der Waals surface area contributed by atoms with E-state index in [0.717, 1.165) is 48.1 Å². The summed E-state index contributed by atoms with van der Waals surface area (Å²) in [5.74, 6) is 0.946. The van der Waals surface area contributed by atoms with Crippen molar-refractivity contribution < 1.29 is 19.5 Å². The molecule has 1 aliphatic rings. The molecule has 2 aromatic carbocycles. The van der Waals surface area contributed by atoms with Crippen molar-refractivity contribution in [1.29, 1.82) is 0 Å². The maximum atomic E-state index is 10.1. The minimum Gasteiger partial charge on any atom is -0.508 e. The first-order valence-electron chi connectivity index (χ1n) is 11.0. The Kier molecular flexibility index (Phi) is 9.04. The molecular formula is C26H30BClO4. The molecule has 0 aromatic heterocycles. The van der Waals surface area contributed by atoms with Crippen molar-refractivity contribution in [3.8, 4) is 11.5 Å². The minimum absolute atomic E-state index is 0.153. The highest BCUT2D eigenvalue weighted by Gasteiger charge is 2.28. The number of rotatable bonds is 10. The van der Waals surface area contributed by atoms with E-state index >= 15 is 0 Å². The molecule has 6 heteroatoms. The van der Waals surface area contributed by atoms with Crippen LogP contribution in [0, 0.1) is 0 Å². The fourth-order valence-electron chi connectivity index (χ4n) is 3.80. The molecule has 0 saturated heterocycles. The van der Waals surface area contributed by atoms with Crippen molar-refractivity contribution in [1.82, 2.24) is 0 Å². The molecule has 0 spiro atoms. The van der Waals surface area contributed by atoms with Crippen molar-refractivity contribution in [2.45, 2.75) is 45.0 Å². The zero-order chi connectivity index (χ0) is 22.9. The summed E-state index contributed by atoms with van der Waals surface area (Å²) >= 11 is 6.29. The largest absolute Gasteiger partial charge is 0.508 e. The lowest BCUT2D eigenvalue weighted by atomic mass is 9.78. The fourth-order valence-corrected chi connectivity index (χ4v) is 4.03. The van der Waals surface area contributed by atoms with Crippen LogP contribution in [0.25, 0.3) is 6.08 Å². The van der Waals surface area contributed by atoms with Crippen LogP contribution in [0.1, 0.15) is 38.2 Å². The first kappa shape index (κ1) is 24.2. The number of para-hydroxylation sites is 1. The Morgan fingerprint density at radius 2 is 2.03 bits per heavy atom. The third-order valence-corrected chi connectivity index (χ3v) is 5.74. The molecule has 2 N–H and O–H groups in total. The SMILES string of the molecule is C=C(COc1ccccc1)C1=CCB(O)OC1CC/C(=C/c1ccc(O)cc1Cl)CCC. The normalized spacial score (nSPS) is 16.6. The average Bonchev–Trinajstić information content (AvgIpc) is 2.78. The van der Waals surface area contributed by atoms with Gasteiger partial charge in [-0.3, -0.25) is 0 Å². The lowest BCUT2D eigenvalue weighted by Crippen LogP contribution is -2.32. The van der Waals surface area contributed by atoms with Crippen LogP contribution in [-0.4, -0.2) is 30.0 Å². The van der Waals surface area contributed by atoms with Gasteiger partial charge >= 0.3 is 7.12 Å². The highest BCUT2D eigenvalue weighted by Crippen LogP contribution is 2.30. The zero-order valence-electron chi connectivity index (χ0n) is 18.5. The lowest BCUT2D eigenvalue weighted by Gasteiger charge is -2.28. The van der Waals surface area contributed by atoms with Gasteiger partial charge in [0.25, 0.3) is 0 Å². The number of phenolic OH excluding ortho intramolecular Hbond substituents is 1. The molecule has 2 aromatic rings. The Labute approximate surface area is 196 Å². The van der Waals surface area contributed by atoms with E-state index in [-0.39, 0.29) is 11.9 Å². The Hall–Kier alpha value is -2.47. The highest BCUT2D eigenvalue weighted by atomic mass is 35.5. The van der Waals surface area contributed by atoms with Gasteiger partial charge in [-0.1, -0.05) is 67.4 Å². The van der Waals surface area contributed by atoms with Gasteiger partial charge in [0, 0.05) is 6.32 Å². The Morgan fingerprint density at radius 3 is 2.75 bits per heavy atom. The van der Waals surface area contributed by atoms with Crippen LogP contribution < -0.4 is 4.74 Å². The Morgan fingerprint density at radius 1 is 1.25 bits per heavy atom. The van der Waals surface area contributed by atoms with E-state index in [1.165, 1.54) is 5.57 Å². The number of benzene rings is 2. The van der Waals surface area contributed by atoms with Crippen LogP contribution in [-0.2, 0) is 4.65 Å². The molecule has 1 heterocycles. The molecule has 0 fully saturated rings. The van der Waals surface area contributed by atoms with Gasteiger partial charge < -0.3 is 19.5 Å². The van der Waals surface area contributed by atoms with Crippen molar-refractivity contribution in [3.05, 3.63) is 88.5 Å². The summed E-state index contributed by atoms with van der Waals surface area (Å²) < 4.78 is 11.7. The number of allylic oxidation sites excluding steroid dienone is 2. The molecule has 3 rings (SSSR count). The van der Waals surface area contributed by atoms with E-state index in [1.807, 2.05) is 42.5 Å². The summed E-state index contributed by atoms with van der Waals surface area (Å²) in [6.07, 6.45) is 7.75. The van der Waals surface area contributed by atoms with Gasteiger partial charge in [0.1, 0.15) is 18.1 Å². The van der Waals surface area contributed by atoms with Gasteiger partial charge in [0.05, 0.1) is 11.1 Å². The summed E-state index contributed by atoms with van der Waals surface area (Å²) in [5.41, 5.74) is 3.97. The second-order valence-electron chi connectivity index (χ2n) is 7.98. The van der Waals surface area contributed by atoms with E-state index < -0.39 is 7.12 Å². The quantitative estimate of drug-likeness (QED) is 0.407. The lowest BCUT2D eigenvalue weighted by molar-refractivity contribution is 0.181. The summed E-state index contributed by atoms with van der Waals surface area (Å²) in [4.78, 5) is 0.